The highest BCUT2D eigenvalue weighted by molar-refractivity contribution is 7.09. The molecule has 3 nitrogen and oxygen atoms in total. The Balaban J connectivity index is 2.04. The van der Waals surface area contributed by atoms with Crippen LogP contribution in [0, 0.1) is 5.82 Å². The van der Waals surface area contributed by atoms with Crippen molar-refractivity contribution in [1.29, 1.82) is 0 Å². The smallest absolute Gasteiger partial charge is 0.151 e. The Kier molecular flexibility index (Phi) is 3.72. The molecule has 104 valence electrons. The van der Waals surface area contributed by atoms with Crippen LogP contribution in [0.25, 0.3) is 11.0 Å². The highest BCUT2D eigenvalue weighted by Crippen LogP contribution is 2.25. The summed E-state index contributed by atoms with van der Waals surface area (Å²) in [5, 5.41) is 3.02. The van der Waals surface area contributed by atoms with Crippen molar-refractivity contribution in [1.82, 2.24) is 14.5 Å². The Hall–Kier alpha value is -1.46. The number of alkyl halides is 1. The summed E-state index contributed by atoms with van der Waals surface area (Å²) in [5.41, 5.74) is 1.17. The molecule has 6 heteroatoms. The summed E-state index contributed by atoms with van der Waals surface area (Å²) in [6.07, 6.45) is 1.80. The third-order valence-corrected chi connectivity index (χ3v) is 4.50. The molecule has 0 saturated carbocycles. The standard InChI is InChI=1S/C14H13ClFN3S/c1-9(14-17-5-6-20-14)8-19-11-4-2-3-10(16)13(11)18-12(19)7-15/h2-6,9H,7-8H2,1H3. The monoisotopic (exact) mass is 309 g/mol. The van der Waals surface area contributed by atoms with Gasteiger partial charge in [0.25, 0.3) is 0 Å². The average molecular weight is 310 g/mol. The molecule has 0 spiro atoms. The number of halogens is 2. The molecule has 0 amide bonds. The quantitative estimate of drug-likeness (QED) is 0.677. The number of hydrogen-bond acceptors (Lipinski definition) is 3. The average Bonchev–Trinajstić information content (AvgIpc) is 3.07. The van der Waals surface area contributed by atoms with Crippen molar-refractivity contribution in [3.8, 4) is 0 Å². The fourth-order valence-electron chi connectivity index (χ4n) is 2.30. The lowest BCUT2D eigenvalue weighted by Gasteiger charge is -2.12. The van der Waals surface area contributed by atoms with Gasteiger partial charge in [-0.05, 0) is 12.1 Å². The van der Waals surface area contributed by atoms with Crippen molar-refractivity contribution in [2.45, 2.75) is 25.3 Å². The fourth-order valence-corrected chi connectivity index (χ4v) is 3.19. The normalized spacial score (nSPS) is 12.9. The van der Waals surface area contributed by atoms with Gasteiger partial charge >= 0.3 is 0 Å². The topological polar surface area (TPSA) is 30.7 Å². The van der Waals surface area contributed by atoms with Crippen molar-refractivity contribution in [3.63, 3.8) is 0 Å². The second kappa shape index (κ2) is 5.50. The first kappa shape index (κ1) is 13.5. The molecule has 1 atom stereocenters. The fraction of sp³-hybridized carbons (Fsp3) is 0.286. The molecule has 3 aromatic rings. The molecule has 0 fully saturated rings. The van der Waals surface area contributed by atoms with Crippen LogP contribution in [0.4, 0.5) is 4.39 Å². The molecule has 0 aliphatic heterocycles. The molecule has 1 aromatic carbocycles. The first-order chi connectivity index (χ1) is 9.70. The predicted molar refractivity (Wildman–Crippen MR) is 79.8 cm³/mol. The van der Waals surface area contributed by atoms with Crippen molar-refractivity contribution < 1.29 is 4.39 Å². The van der Waals surface area contributed by atoms with Gasteiger partial charge < -0.3 is 4.57 Å². The van der Waals surface area contributed by atoms with Gasteiger partial charge in [0.2, 0.25) is 0 Å². The van der Waals surface area contributed by atoms with E-state index in [1.54, 1.807) is 23.6 Å². The lowest BCUT2D eigenvalue weighted by Crippen LogP contribution is -2.08. The summed E-state index contributed by atoms with van der Waals surface area (Å²) in [5.74, 6) is 0.876. The Bertz CT molecular complexity index is 723. The largest absolute Gasteiger partial charge is 0.326 e. The number of thiazole rings is 1. The van der Waals surface area contributed by atoms with Crippen LogP contribution in [0.2, 0.25) is 0 Å². The number of imidazole rings is 1. The molecular weight excluding hydrogens is 297 g/mol. The summed E-state index contributed by atoms with van der Waals surface area (Å²) >= 11 is 7.57. The van der Waals surface area contributed by atoms with Gasteiger partial charge in [0.05, 0.1) is 16.4 Å². The highest BCUT2D eigenvalue weighted by Gasteiger charge is 2.16. The van der Waals surface area contributed by atoms with Crippen LogP contribution < -0.4 is 0 Å². The maximum Gasteiger partial charge on any atom is 0.151 e. The summed E-state index contributed by atoms with van der Waals surface area (Å²) in [6.45, 7) is 2.79. The van der Waals surface area contributed by atoms with Gasteiger partial charge in [0.15, 0.2) is 5.82 Å². The Morgan fingerprint density at radius 3 is 3.00 bits per heavy atom. The van der Waals surface area contributed by atoms with Crippen LogP contribution in [0.1, 0.15) is 23.7 Å². The maximum atomic E-state index is 13.8. The van der Waals surface area contributed by atoms with Crippen molar-refractivity contribution in [2.75, 3.05) is 0 Å². The molecule has 0 bridgehead atoms. The van der Waals surface area contributed by atoms with E-state index in [0.717, 1.165) is 10.5 Å². The summed E-state index contributed by atoms with van der Waals surface area (Å²) < 4.78 is 15.8. The van der Waals surface area contributed by atoms with Crippen LogP contribution >= 0.6 is 22.9 Å². The van der Waals surface area contributed by atoms with Crippen LogP contribution in [0.5, 0.6) is 0 Å². The molecule has 0 aliphatic rings. The second-order valence-corrected chi connectivity index (χ2v) is 5.84. The van der Waals surface area contributed by atoms with Crippen LogP contribution in [-0.2, 0) is 12.4 Å². The van der Waals surface area contributed by atoms with Crippen LogP contribution in [0.3, 0.4) is 0 Å². The summed E-state index contributed by atoms with van der Waals surface area (Å²) in [7, 11) is 0. The minimum atomic E-state index is -0.311. The molecule has 0 N–H and O–H groups in total. The molecule has 1 unspecified atom stereocenters. The number of hydrogen-bond donors (Lipinski definition) is 0. The third-order valence-electron chi connectivity index (χ3n) is 3.26. The van der Waals surface area contributed by atoms with E-state index in [4.69, 9.17) is 11.6 Å². The van der Waals surface area contributed by atoms with Gasteiger partial charge in [-0.25, -0.2) is 14.4 Å². The number of rotatable bonds is 4. The third kappa shape index (κ3) is 2.31. The van der Waals surface area contributed by atoms with Crippen molar-refractivity contribution >= 4 is 34.0 Å². The van der Waals surface area contributed by atoms with Gasteiger partial charge in [-0.3, -0.25) is 0 Å². The predicted octanol–water partition coefficient (Wildman–Crippen LogP) is 4.17. The van der Waals surface area contributed by atoms with Gasteiger partial charge in [-0.15, -0.1) is 22.9 Å². The first-order valence-corrected chi connectivity index (χ1v) is 7.71. The molecule has 2 heterocycles. The molecule has 0 aliphatic carbocycles. The Labute approximate surface area is 125 Å². The van der Waals surface area contributed by atoms with Crippen molar-refractivity contribution in [3.05, 3.63) is 46.4 Å². The van der Waals surface area contributed by atoms with Crippen LogP contribution in [-0.4, -0.2) is 14.5 Å². The van der Waals surface area contributed by atoms with E-state index in [9.17, 15) is 4.39 Å². The zero-order valence-electron chi connectivity index (χ0n) is 10.9. The number of benzene rings is 1. The van der Waals surface area contributed by atoms with E-state index >= 15 is 0 Å². The van der Waals surface area contributed by atoms with Gasteiger partial charge in [0, 0.05) is 24.0 Å². The van der Waals surface area contributed by atoms with Gasteiger partial charge in [-0.1, -0.05) is 13.0 Å². The number of fused-ring (bicyclic) bond motifs is 1. The van der Waals surface area contributed by atoms with E-state index in [-0.39, 0.29) is 17.6 Å². The molecular formula is C14H13ClFN3S. The number of para-hydroxylation sites is 1. The Morgan fingerprint density at radius 1 is 1.45 bits per heavy atom. The van der Waals surface area contributed by atoms with E-state index in [0.29, 0.717) is 17.9 Å². The van der Waals surface area contributed by atoms with Crippen molar-refractivity contribution in [2.24, 2.45) is 0 Å². The molecule has 2 aromatic heterocycles. The molecule has 3 rings (SSSR count). The zero-order chi connectivity index (χ0) is 14.1. The molecule has 0 radical (unpaired) electrons. The minimum Gasteiger partial charge on any atom is -0.326 e. The first-order valence-electron chi connectivity index (χ1n) is 6.29. The van der Waals surface area contributed by atoms with Gasteiger partial charge in [0.1, 0.15) is 11.3 Å². The SMILES string of the molecule is CC(Cn1c(CCl)nc2c(F)cccc21)c1nccs1. The van der Waals surface area contributed by atoms with E-state index < -0.39 is 0 Å². The second-order valence-electron chi connectivity index (χ2n) is 4.65. The highest BCUT2D eigenvalue weighted by atomic mass is 35.5. The van der Waals surface area contributed by atoms with E-state index in [2.05, 4.69) is 16.9 Å². The summed E-state index contributed by atoms with van der Waals surface area (Å²) in [4.78, 5) is 8.63. The Morgan fingerprint density at radius 2 is 2.30 bits per heavy atom. The molecule has 0 saturated heterocycles. The van der Waals surface area contributed by atoms with E-state index in [1.807, 2.05) is 16.0 Å². The number of nitrogens with zero attached hydrogens (tertiary/aromatic N) is 3. The van der Waals surface area contributed by atoms with Gasteiger partial charge in [-0.2, -0.15) is 0 Å². The minimum absolute atomic E-state index is 0.234. The van der Waals surface area contributed by atoms with E-state index in [1.165, 1.54) is 6.07 Å². The maximum absolute atomic E-state index is 13.8. The lowest BCUT2D eigenvalue weighted by atomic mass is 10.2. The lowest BCUT2D eigenvalue weighted by molar-refractivity contribution is 0.592. The summed E-state index contributed by atoms with van der Waals surface area (Å²) in [6, 6.07) is 4.99. The molecule has 20 heavy (non-hydrogen) atoms. The number of aromatic nitrogens is 3. The van der Waals surface area contributed by atoms with Crippen LogP contribution in [0.15, 0.2) is 29.8 Å². The zero-order valence-corrected chi connectivity index (χ0v) is 12.5.